The van der Waals surface area contributed by atoms with E-state index in [0.717, 1.165) is 12.1 Å². The first-order valence-corrected chi connectivity index (χ1v) is 6.83. The van der Waals surface area contributed by atoms with Gasteiger partial charge in [0.05, 0.1) is 0 Å². The van der Waals surface area contributed by atoms with Crippen LogP contribution < -0.4 is 10.6 Å². The zero-order chi connectivity index (χ0) is 17.0. The summed E-state index contributed by atoms with van der Waals surface area (Å²) in [6.07, 6.45) is 0. The highest BCUT2D eigenvalue weighted by Crippen LogP contribution is 2.17. The number of hydrogen-bond donors (Lipinski definition) is 2. The molecular weight excluding hydrogens is 304 g/mol. The molecule has 1 unspecified atom stereocenters. The Kier molecular flexibility index (Phi) is 5.00. The highest BCUT2D eigenvalue weighted by atomic mass is 19.2. The van der Waals surface area contributed by atoms with Crippen LogP contribution >= 0.6 is 0 Å². The maximum Gasteiger partial charge on any atom is 0.270 e. The highest BCUT2D eigenvalue weighted by molar-refractivity contribution is 5.96. The number of likely N-dealkylation sites (N-methyl/N-ethyl adjacent to an activating group) is 1. The molecule has 23 heavy (non-hydrogen) atoms. The zero-order valence-electron chi connectivity index (χ0n) is 12.6. The lowest BCUT2D eigenvalue weighted by atomic mass is 10.1. The van der Waals surface area contributed by atoms with Gasteiger partial charge in [0.1, 0.15) is 11.7 Å². The van der Waals surface area contributed by atoms with Crippen molar-refractivity contribution in [2.45, 2.75) is 13.0 Å². The Balaban J connectivity index is 2.30. The number of carbonyl (C=O) groups is 2. The van der Waals surface area contributed by atoms with Crippen molar-refractivity contribution in [3.8, 4) is 0 Å². The van der Waals surface area contributed by atoms with Crippen LogP contribution in [0.4, 0.5) is 8.78 Å². The summed E-state index contributed by atoms with van der Waals surface area (Å²) in [5.41, 5.74) is 0.896. The van der Waals surface area contributed by atoms with Gasteiger partial charge in [-0.2, -0.15) is 0 Å². The lowest BCUT2D eigenvalue weighted by Crippen LogP contribution is -2.39. The second-order valence-corrected chi connectivity index (χ2v) is 4.86. The second-order valence-electron chi connectivity index (χ2n) is 4.86. The molecular formula is C16H15F2N3O2. The van der Waals surface area contributed by atoms with Crippen LogP contribution in [0.1, 0.15) is 27.8 Å². The average molecular weight is 319 g/mol. The van der Waals surface area contributed by atoms with Crippen molar-refractivity contribution < 1.29 is 18.4 Å². The van der Waals surface area contributed by atoms with Crippen LogP contribution in [0.3, 0.4) is 0 Å². The zero-order valence-corrected chi connectivity index (χ0v) is 12.6. The topological polar surface area (TPSA) is 71.1 Å². The van der Waals surface area contributed by atoms with Crippen molar-refractivity contribution >= 4 is 11.8 Å². The van der Waals surface area contributed by atoms with E-state index >= 15 is 0 Å². The molecule has 7 heteroatoms. The van der Waals surface area contributed by atoms with E-state index < -0.39 is 29.5 Å². The molecule has 0 radical (unpaired) electrons. The largest absolute Gasteiger partial charge is 0.357 e. The Bertz CT molecular complexity index is 750. The number of carbonyl (C=O) groups excluding carboxylic acids is 2. The monoisotopic (exact) mass is 319 g/mol. The molecule has 0 aliphatic heterocycles. The lowest BCUT2D eigenvalue weighted by Gasteiger charge is -2.17. The number of nitrogens with zero attached hydrogens (tertiary/aromatic N) is 1. The van der Waals surface area contributed by atoms with Gasteiger partial charge in [-0.25, -0.2) is 13.8 Å². The molecule has 2 aromatic rings. The van der Waals surface area contributed by atoms with E-state index in [1.54, 1.807) is 19.1 Å². The standard InChI is InChI=1S/C16H15F2N3O2/c1-9-4-3-5-13(20-9)15(22)21-14(16(23)19-2)10-6-7-11(17)12(18)8-10/h3-8,14H,1-2H3,(H,19,23)(H,21,22). The Labute approximate surface area is 131 Å². The van der Waals surface area contributed by atoms with Crippen LogP contribution in [0.25, 0.3) is 0 Å². The Hall–Kier alpha value is -2.83. The van der Waals surface area contributed by atoms with Gasteiger partial charge in [0, 0.05) is 12.7 Å². The van der Waals surface area contributed by atoms with E-state index in [1.807, 2.05) is 0 Å². The Morgan fingerprint density at radius 3 is 2.48 bits per heavy atom. The Morgan fingerprint density at radius 1 is 1.13 bits per heavy atom. The molecule has 2 N–H and O–H groups in total. The fourth-order valence-corrected chi connectivity index (χ4v) is 2.01. The second kappa shape index (κ2) is 6.95. The fourth-order valence-electron chi connectivity index (χ4n) is 2.01. The summed E-state index contributed by atoms with van der Waals surface area (Å²) in [7, 11) is 1.38. The lowest BCUT2D eigenvalue weighted by molar-refractivity contribution is -0.122. The smallest absolute Gasteiger partial charge is 0.270 e. The van der Waals surface area contributed by atoms with Crippen LogP contribution in [-0.2, 0) is 4.79 Å². The van der Waals surface area contributed by atoms with Gasteiger partial charge in [0.15, 0.2) is 11.6 Å². The molecule has 1 atom stereocenters. The molecule has 0 saturated carbocycles. The minimum Gasteiger partial charge on any atom is -0.357 e. The number of pyridine rings is 1. The van der Waals surface area contributed by atoms with E-state index in [1.165, 1.54) is 19.2 Å². The fraction of sp³-hybridized carbons (Fsp3) is 0.188. The predicted molar refractivity (Wildman–Crippen MR) is 79.6 cm³/mol. The van der Waals surface area contributed by atoms with E-state index in [-0.39, 0.29) is 11.3 Å². The number of halogens is 2. The normalized spacial score (nSPS) is 11.7. The van der Waals surface area contributed by atoms with E-state index in [4.69, 9.17) is 0 Å². The van der Waals surface area contributed by atoms with Crippen LogP contribution in [0.15, 0.2) is 36.4 Å². The maximum absolute atomic E-state index is 13.4. The van der Waals surface area contributed by atoms with Gasteiger partial charge in [0.2, 0.25) is 5.91 Å². The molecule has 2 amide bonds. The van der Waals surface area contributed by atoms with Crippen LogP contribution in [0.5, 0.6) is 0 Å². The molecule has 2 rings (SSSR count). The van der Waals surface area contributed by atoms with Crippen molar-refractivity contribution in [2.24, 2.45) is 0 Å². The highest BCUT2D eigenvalue weighted by Gasteiger charge is 2.24. The molecule has 1 aromatic heterocycles. The number of nitrogens with one attached hydrogen (secondary N) is 2. The molecule has 5 nitrogen and oxygen atoms in total. The van der Waals surface area contributed by atoms with Crippen molar-refractivity contribution in [2.75, 3.05) is 7.05 Å². The predicted octanol–water partition coefficient (Wildman–Crippen LogP) is 1.89. The number of amides is 2. The average Bonchev–Trinajstić information content (AvgIpc) is 2.54. The van der Waals surface area contributed by atoms with Crippen LogP contribution in [0, 0.1) is 18.6 Å². The minimum atomic E-state index is -1.16. The van der Waals surface area contributed by atoms with E-state index in [9.17, 15) is 18.4 Å². The summed E-state index contributed by atoms with van der Waals surface area (Å²) < 4.78 is 26.4. The minimum absolute atomic E-state index is 0.126. The van der Waals surface area contributed by atoms with Gasteiger partial charge in [-0.05, 0) is 36.8 Å². The summed E-state index contributed by atoms with van der Waals surface area (Å²) in [6.45, 7) is 1.72. The molecule has 120 valence electrons. The van der Waals surface area contributed by atoms with Crippen molar-refractivity contribution in [3.05, 3.63) is 65.0 Å². The third-order valence-electron chi connectivity index (χ3n) is 3.18. The number of aromatic nitrogens is 1. The summed E-state index contributed by atoms with van der Waals surface area (Å²) in [5.74, 6) is -3.28. The van der Waals surface area contributed by atoms with Gasteiger partial charge >= 0.3 is 0 Å². The molecule has 0 spiro atoms. The number of rotatable bonds is 4. The molecule has 1 heterocycles. The molecule has 0 aliphatic rings. The maximum atomic E-state index is 13.4. The summed E-state index contributed by atoms with van der Waals surface area (Å²) in [6, 6.07) is 6.73. The van der Waals surface area contributed by atoms with Gasteiger partial charge in [0.25, 0.3) is 5.91 Å². The molecule has 0 aliphatic carbocycles. The third-order valence-corrected chi connectivity index (χ3v) is 3.18. The number of aryl methyl sites for hydroxylation is 1. The molecule has 0 bridgehead atoms. The summed E-state index contributed by atoms with van der Waals surface area (Å²) >= 11 is 0. The van der Waals surface area contributed by atoms with Crippen molar-refractivity contribution in [1.82, 2.24) is 15.6 Å². The first-order chi connectivity index (χ1) is 10.9. The van der Waals surface area contributed by atoms with Crippen molar-refractivity contribution in [3.63, 3.8) is 0 Å². The quantitative estimate of drug-likeness (QED) is 0.904. The van der Waals surface area contributed by atoms with Crippen LogP contribution in [0.2, 0.25) is 0 Å². The van der Waals surface area contributed by atoms with Gasteiger partial charge in [-0.15, -0.1) is 0 Å². The van der Waals surface area contributed by atoms with Gasteiger partial charge < -0.3 is 10.6 Å². The number of hydrogen-bond acceptors (Lipinski definition) is 3. The number of benzene rings is 1. The summed E-state index contributed by atoms with van der Waals surface area (Å²) in [4.78, 5) is 28.3. The summed E-state index contributed by atoms with van der Waals surface area (Å²) in [5, 5.41) is 4.85. The van der Waals surface area contributed by atoms with Gasteiger partial charge in [-0.1, -0.05) is 12.1 Å². The third kappa shape index (κ3) is 3.88. The molecule has 0 saturated heterocycles. The first kappa shape index (κ1) is 16.5. The van der Waals surface area contributed by atoms with Gasteiger partial charge in [-0.3, -0.25) is 9.59 Å². The Morgan fingerprint density at radius 2 is 1.87 bits per heavy atom. The van der Waals surface area contributed by atoms with Crippen molar-refractivity contribution in [1.29, 1.82) is 0 Å². The van der Waals surface area contributed by atoms with Crippen LogP contribution in [-0.4, -0.2) is 23.8 Å². The first-order valence-electron chi connectivity index (χ1n) is 6.83. The SMILES string of the molecule is CNC(=O)C(NC(=O)c1cccc(C)n1)c1ccc(F)c(F)c1. The molecule has 0 fully saturated rings. The van der Waals surface area contributed by atoms with E-state index in [2.05, 4.69) is 15.6 Å². The molecule has 1 aromatic carbocycles. The van der Waals surface area contributed by atoms with E-state index in [0.29, 0.717) is 5.69 Å².